The van der Waals surface area contributed by atoms with Gasteiger partial charge in [-0.1, -0.05) is 28.1 Å². The molecule has 0 aliphatic carbocycles. The molecule has 1 saturated heterocycles. The molecule has 1 amide bonds. The quantitative estimate of drug-likeness (QED) is 0.724. The van der Waals surface area contributed by atoms with E-state index < -0.39 is 23.3 Å². The Morgan fingerprint density at radius 1 is 1.20 bits per heavy atom. The van der Waals surface area contributed by atoms with Crippen molar-refractivity contribution in [2.75, 3.05) is 31.1 Å². The molecule has 1 aliphatic heterocycles. The van der Waals surface area contributed by atoms with Crippen molar-refractivity contribution >= 4 is 27.5 Å². The van der Waals surface area contributed by atoms with Gasteiger partial charge in [-0.05, 0) is 35.9 Å². The van der Waals surface area contributed by atoms with E-state index in [0.717, 1.165) is 22.2 Å². The monoisotopic (exact) mass is 481 g/mol. The average molecular weight is 482 g/mol. The van der Waals surface area contributed by atoms with Gasteiger partial charge in [-0.25, -0.2) is 0 Å². The predicted molar refractivity (Wildman–Crippen MR) is 109 cm³/mol. The third-order valence-electron chi connectivity index (χ3n) is 5.08. The summed E-state index contributed by atoms with van der Waals surface area (Å²) in [7, 11) is 0. The fourth-order valence-electron chi connectivity index (χ4n) is 3.51. The number of halogens is 4. The number of nitrogens with zero attached hydrogens (tertiary/aromatic N) is 3. The van der Waals surface area contributed by atoms with Gasteiger partial charge < -0.3 is 14.9 Å². The fraction of sp³-hybridized carbons (Fsp3) is 0.333. The number of hydrogen-bond donors (Lipinski definition) is 1. The summed E-state index contributed by atoms with van der Waals surface area (Å²) in [6.45, 7) is 0.490. The van der Waals surface area contributed by atoms with Crippen molar-refractivity contribution in [1.29, 1.82) is 5.26 Å². The zero-order valence-corrected chi connectivity index (χ0v) is 17.4. The highest BCUT2D eigenvalue weighted by atomic mass is 79.9. The summed E-state index contributed by atoms with van der Waals surface area (Å²) in [5.74, 6) is -0.105. The van der Waals surface area contributed by atoms with E-state index in [9.17, 15) is 23.1 Å². The van der Waals surface area contributed by atoms with Crippen LogP contribution in [-0.4, -0.2) is 48.2 Å². The van der Waals surface area contributed by atoms with Gasteiger partial charge in [0.05, 0.1) is 36.3 Å². The van der Waals surface area contributed by atoms with Gasteiger partial charge in [-0.3, -0.25) is 4.79 Å². The lowest BCUT2D eigenvalue weighted by Crippen LogP contribution is -2.56. The Hall–Kier alpha value is -2.57. The highest BCUT2D eigenvalue weighted by Gasteiger charge is 2.36. The number of carbonyl (C=O) groups excluding carboxylic acids is 1. The second-order valence-corrected chi connectivity index (χ2v) is 7.93. The Labute approximate surface area is 180 Å². The first-order valence-electron chi connectivity index (χ1n) is 9.24. The topological polar surface area (TPSA) is 67.6 Å². The maximum Gasteiger partial charge on any atom is 0.417 e. The Morgan fingerprint density at radius 2 is 1.90 bits per heavy atom. The van der Waals surface area contributed by atoms with E-state index in [2.05, 4.69) is 15.9 Å². The molecule has 1 N–H and O–H groups in total. The molecule has 1 heterocycles. The first-order valence-corrected chi connectivity index (χ1v) is 10.0. The van der Waals surface area contributed by atoms with E-state index in [0.29, 0.717) is 6.54 Å². The summed E-state index contributed by atoms with van der Waals surface area (Å²) < 4.78 is 40.8. The maximum atomic E-state index is 13.3. The largest absolute Gasteiger partial charge is 0.417 e. The van der Waals surface area contributed by atoms with Gasteiger partial charge >= 0.3 is 6.18 Å². The number of nitriles is 1. The van der Waals surface area contributed by atoms with Crippen LogP contribution in [0.1, 0.15) is 16.7 Å². The van der Waals surface area contributed by atoms with E-state index in [1.54, 1.807) is 15.9 Å². The number of anilines is 1. The van der Waals surface area contributed by atoms with Crippen molar-refractivity contribution in [3.8, 4) is 6.07 Å². The molecule has 158 valence electrons. The number of piperazine rings is 1. The number of rotatable bonds is 4. The van der Waals surface area contributed by atoms with Crippen LogP contribution in [0.25, 0.3) is 0 Å². The number of benzene rings is 2. The molecule has 1 aliphatic rings. The number of carbonyl (C=O) groups is 1. The lowest BCUT2D eigenvalue weighted by molar-refractivity contribution is -0.137. The maximum absolute atomic E-state index is 13.3. The minimum Gasteiger partial charge on any atom is -0.394 e. The third kappa shape index (κ3) is 4.94. The molecule has 1 unspecified atom stereocenters. The normalized spacial score (nSPS) is 17.0. The van der Waals surface area contributed by atoms with Crippen LogP contribution >= 0.6 is 15.9 Å². The first-order chi connectivity index (χ1) is 14.2. The number of hydrogen-bond acceptors (Lipinski definition) is 4. The van der Waals surface area contributed by atoms with Gasteiger partial charge in [0.2, 0.25) is 5.91 Å². The molecular formula is C21H19BrF3N3O2. The molecule has 1 atom stereocenters. The molecular weight excluding hydrogens is 463 g/mol. The third-order valence-corrected chi connectivity index (χ3v) is 5.60. The van der Waals surface area contributed by atoms with Crippen LogP contribution in [0, 0.1) is 11.3 Å². The minimum atomic E-state index is -4.65. The number of aliphatic hydroxyl groups is 1. The molecule has 0 bridgehead atoms. The Morgan fingerprint density at radius 3 is 2.50 bits per heavy atom. The Bertz CT molecular complexity index is 957. The summed E-state index contributed by atoms with van der Waals surface area (Å²) >= 11 is 3.34. The molecule has 0 radical (unpaired) electrons. The van der Waals surface area contributed by atoms with Gasteiger partial charge in [0.15, 0.2) is 0 Å². The highest BCUT2D eigenvalue weighted by molar-refractivity contribution is 9.10. The minimum absolute atomic E-state index is 0.105. The van der Waals surface area contributed by atoms with Crippen LogP contribution < -0.4 is 4.90 Å². The molecule has 0 saturated carbocycles. The van der Waals surface area contributed by atoms with E-state index in [1.807, 2.05) is 24.3 Å². The molecule has 3 rings (SSSR count). The second-order valence-electron chi connectivity index (χ2n) is 7.01. The van der Waals surface area contributed by atoms with E-state index >= 15 is 0 Å². The molecule has 1 fully saturated rings. The summed E-state index contributed by atoms with van der Waals surface area (Å²) in [5, 5.41) is 18.8. The van der Waals surface area contributed by atoms with Gasteiger partial charge in [0.25, 0.3) is 0 Å². The smallest absolute Gasteiger partial charge is 0.394 e. The molecule has 9 heteroatoms. The molecule has 0 aromatic heterocycles. The second kappa shape index (κ2) is 9.06. The number of alkyl halides is 3. The van der Waals surface area contributed by atoms with Crippen LogP contribution in [0.3, 0.4) is 0 Å². The Kier molecular flexibility index (Phi) is 6.68. The lowest BCUT2D eigenvalue weighted by atomic mass is 10.0. The van der Waals surface area contributed by atoms with Crippen molar-refractivity contribution in [2.24, 2.45) is 0 Å². The standard InChI is InChI=1S/C21H19BrF3N3O2/c22-16-4-1-14(2-5-16)9-20(30)27-7-8-28(18(12-27)13-29)17-6-3-15(11-26)19(10-17)21(23,24)25/h1-6,10,18,29H,7-9,12-13H2. The average Bonchev–Trinajstić information content (AvgIpc) is 2.73. The van der Waals surface area contributed by atoms with Gasteiger partial charge in [0, 0.05) is 29.8 Å². The zero-order chi connectivity index (χ0) is 21.9. The molecule has 0 spiro atoms. The molecule has 30 heavy (non-hydrogen) atoms. The van der Waals surface area contributed by atoms with Crippen LogP contribution in [0.5, 0.6) is 0 Å². The zero-order valence-electron chi connectivity index (χ0n) is 15.9. The van der Waals surface area contributed by atoms with E-state index in [-0.39, 0.29) is 37.7 Å². The van der Waals surface area contributed by atoms with Crippen LogP contribution in [0.15, 0.2) is 46.9 Å². The first kappa shape index (κ1) is 22.1. The number of aliphatic hydroxyl groups excluding tert-OH is 1. The molecule has 2 aromatic carbocycles. The van der Waals surface area contributed by atoms with Crippen LogP contribution in [0.2, 0.25) is 0 Å². The van der Waals surface area contributed by atoms with Crippen LogP contribution in [-0.2, 0) is 17.4 Å². The highest BCUT2D eigenvalue weighted by Crippen LogP contribution is 2.35. The molecule has 2 aromatic rings. The SMILES string of the molecule is N#Cc1ccc(N2CCN(C(=O)Cc3ccc(Br)cc3)CC2CO)cc1C(F)(F)F. The fourth-order valence-corrected chi connectivity index (χ4v) is 3.77. The summed E-state index contributed by atoms with van der Waals surface area (Å²) in [5.41, 5.74) is -0.337. The Balaban J connectivity index is 1.75. The number of amides is 1. The van der Waals surface area contributed by atoms with Gasteiger partial charge in [0.1, 0.15) is 0 Å². The van der Waals surface area contributed by atoms with Gasteiger partial charge in [-0.15, -0.1) is 0 Å². The lowest BCUT2D eigenvalue weighted by Gasteiger charge is -2.42. The van der Waals surface area contributed by atoms with Crippen molar-refractivity contribution in [3.63, 3.8) is 0 Å². The van der Waals surface area contributed by atoms with Crippen molar-refractivity contribution < 1.29 is 23.1 Å². The summed E-state index contributed by atoms with van der Waals surface area (Å²) in [4.78, 5) is 15.9. The van der Waals surface area contributed by atoms with Crippen molar-refractivity contribution in [1.82, 2.24) is 4.90 Å². The summed E-state index contributed by atoms with van der Waals surface area (Å²) in [6.07, 6.45) is -4.45. The predicted octanol–water partition coefficient (Wildman–Crippen LogP) is 3.59. The van der Waals surface area contributed by atoms with Gasteiger partial charge in [-0.2, -0.15) is 18.4 Å². The van der Waals surface area contributed by atoms with Crippen molar-refractivity contribution in [3.05, 3.63) is 63.6 Å². The molecule has 5 nitrogen and oxygen atoms in total. The van der Waals surface area contributed by atoms with Crippen molar-refractivity contribution in [2.45, 2.75) is 18.6 Å². The summed E-state index contributed by atoms with van der Waals surface area (Å²) in [6, 6.07) is 11.9. The van der Waals surface area contributed by atoms with Crippen LogP contribution in [0.4, 0.5) is 18.9 Å². The van der Waals surface area contributed by atoms with E-state index in [4.69, 9.17) is 5.26 Å². The van der Waals surface area contributed by atoms with E-state index in [1.165, 1.54) is 6.07 Å².